The highest BCUT2D eigenvalue weighted by molar-refractivity contribution is 9.10. The highest BCUT2D eigenvalue weighted by Crippen LogP contribution is 2.31. The summed E-state index contributed by atoms with van der Waals surface area (Å²) < 4.78 is 6.59. The SMILES string of the molecule is CCOc1ccccc1/C=C/C(=O)Nc1nc(-c2ccc(Br)cc2)c(C)s1. The van der Waals surface area contributed by atoms with Crippen molar-refractivity contribution in [3.8, 4) is 17.0 Å². The Morgan fingerprint density at radius 3 is 2.70 bits per heavy atom. The Balaban J connectivity index is 1.72. The monoisotopic (exact) mass is 442 g/mol. The van der Waals surface area contributed by atoms with E-state index in [-0.39, 0.29) is 5.91 Å². The molecule has 0 spiro atoms. The van der Waals surface area contributed by atoms with Crippen LogP contribution in [0, 0.1) is 6.92 Å². The van der Waals surface area contributed by atoms with Crippen LogP contribution in [-0.2, 0) is 4.79 Å². The number of carbonyl (C=O) groups excluding carboxylic acids is 1. The first-order valence-corrected chi connectivity index (χ1v) is 10.1. The Kier molecular flexibility index (Phi) is 6.42. The number of nitrogens with one attached hydrogen (secondary N) is 1. The van der Waals surface area contributed by atoms with Gasteiger partial charge in [-0.05, 0) is 38.1 Å². The lowest BCUT2D eigenvalue weighted by Crippen LogP contribution is -2.07. The van der Waals surface area contributed by atoms with Gasteiger partial charge in [-0.3, -0.25) is 10.1 Å². The number of aromatic nitrogens is 1. The van der Waals surface area contributed by atoms with Gasteiger partial charge in [0.1, 0.15) is 5.75 Å². The lowest BCUT2D eigenvalue weighted by atomic mass is 10.1. The minimum absolute atomic E-state index is 0.225. The first kappa shape index (κ1) is 19.3. The summed E-state index contributed by atoms with van der Waals surface area (Å²) in [7, 11) is 0. The van der Waals surface area contributed by atoms with E-state index in [2.05, 4.69) is 26.2 Å². The Bertz CT molecular complexity index is 965. The number of rotatable bonds is 6. The zero-order valence-electron chi connectivity index (χ0n) is 15.0. The zero-order chi connectivity index (χ0) is 19.2. The van der Waals surface area contributed by atoms with Crippen molar-refractivity contribution in [2.75, 3.05) is 11.9 Å². The van der Waals surface area contributed by atoms with Crippen LogP contribution in [0.15, 0.2) is 59.1 Å². The molecule has 0 aliphatic carbocycles. The van der Waals surface area contributed by atoms with Gasteiger partial charge < -0.3 is 4.74 Å². The van der Waals surface area contributed by atoms with E-state index < -0.39 is 0 Å². The number of aryl methyl sites for hydroxylation is 1. The molecular weight excluding hydrogens is 424 g/mol. The molecule has 0 aliphatic rings. The van der Waals surface area contributed by atoms with Crippen LogP contribution in [0.25, 0.3) is 17.3 Å². The van der Waals surface area contributed by atoms with Gasteiger partial charge in [0.25, 0.3) is 0 Å². The molecule has 1 amide bonds. The molecule has 0 aliphatic heterocycles. The van der Waals surface area contributed by atoms with Crippen LogP contribution in [-0.4, -0.2) is 17.5 Å². The van der Waals surface area contributed by atoms with Crippen LogP contribution in [0.2, 0.25) is 0 Å². The molecule has 0 bridgehead atoms. The Morgan fingerprint density at radius 2 is 1.96 bits per heavy atom. The smallest absolute Gasteiger partial charge is 0.250 e. The number of hydrogen-bond donors (Lipinski definition) is 1. The molecule has 0 saturated heterocycles. The summed E-state index contributed by atoms with van der Waals surface area (Å²) in [6.07, 6.45) is 3.24. The molecule has 0 fully saturated rings. The molecule has 4 nitrogen and oxygen atoms in total. The van der Waals surface area contributed by atoms with Gasteiger partial charge in [0, 0.05) is 26.6 Å². The summed E-state index contributed by atoms with van der Waals surface area (Å²) >= 11 is 4.90. The lowest BCUT2D eigenvalue weighted by molar-refractivity contribution is -0.111. The minimum Gasteiger partial charge on any atom is -0.493 e. The van der Waals surface area contributed by atoms with Crippen molar-refractivity contribution in [3.05, 3.63) is 69.5 Å². The summed E-state index contributed by atoms with van der Waals surface area (Å²) in [6.45, 7) is 4.51. The molecule has 0 saturated carbocycles. The highest BCUT2D eigenvalue weighted by Gasteiger charge is 2.11. The van der Waals surface area contributed by atoms with Crippen LogP contribution < -0.4 is 10.1 Å². The van der Waals surface area contributed by atoms with Gasteiger partial charge in [0.2, 0.25) is 5.91 Å². The fraction of sp³-hybridized carbons (Fsp3) is 0.143. The number of nitrogens with zero attached hydrogens (tertiary/aromatic N) is 1. The van der Waals surface area contributed by atoms with E-state index in [1.54, 1.807) is 6.08 Å². The second-order valence-electron chi connectivity index (χ2n) is 5.72. The second kappa shape index (κ2) is 8.97. The van der Waals surface area contributed by atoms with Crippen LogP contribution in [0.3, 0.4) is 0 Å². The lowest BCUT2D eigenvalue weighted by Gasteiger charge is -2.06. The van der Waals surface area contributed by atoms with Crippen molar-refractivity contribution in [3.63, 3.8) is 0 Å². The van der Waals surface area contributed by atoms with Gasteiger partial charge in [-0.15, -0.1) is 11.3 Å². The molecule has 1 N–H and O–H groups in total. The van der Waals surface area contributed by atoms with Crippen LogP contribution in [0.1, 0.15) is 17.4 Å². The number of hydrogen-bond acceptors (Lipinski definition) is 4. The maximum Gasteiger partial charge on any atom is 0.250 e. The Labute approximate surface area is 171 Å². The number of thiazole rings is 1. The highest BCUT2D eigenvalue weighted by atomic mass is 79.9. The molecule has 1 heterocycles. The normalized spacial score (nSPS) is 10.9. The summed E-state index contributed by atoms with van der Waals surface area (Å²) in [5.74, 6) is 0.532. The quantitative estimate of drug-likeness (QED) is 0.481. The van der Waals surface area contributed by atoms with Crippen molar-refractivity contribution < 1.29 is 9.53 Å². The van der Waals surface area contributed by atoms with Gasteiger partial charge >= 0.3 is 0 Å². The summed E-state index contributed by atoms with van der Waals surface area (Å²) in [6, 6.07) is 15.6. The Hall–Kier alpha value is -2.44. The summed E-state index contributed by atoms with van der Waals surface area (Å²) in [5.41, 5.74) is 2.77. The molecule has 3 aromatic rings. The summed E-state index contributed by atoms with van der Waals surface area (Å²) in [4.78, 5) is 17.9. The van der Waals surface area contributed by atoms with Crippen LogP contribution in [0.5, 0.6) is 5.75 Å². The van der Waals surface area contributed by atoms with Gasteiger partial charge in [0.15, 0.2) is 5.13 Å². The predicted octanol–water partition coefficient (Wildman–Crippen LogP) is 5.93. The number of amides is 1. The second-order valence-corrected chi connectivity index (χ2v) is 7.84. The largest absolute Gasteiger partial charge is 0.493 e. The average molecular weight is 443 g/mol. The summed E-state index contributed by atoms with van der Waals surface area (Å²) in [5, 5.41) is 3.42. The van der Waals surface area contributed by atoms with Crippen molar-refractivity contribution in [1.82, 2.24) is 4.98 Å². The standard InChI is InChI=1S/C21H19BrN2O2S/c1-3-26-18-7-5-4-6-15(18)10-13-19(25)23-21-24-20(14(2)27-21)16-8-11-17(22)12-9-16/h4-13H,3H2,1-2H3,(H,23,24,25)/b13-10+. The maximum absolute atomic E-state index is 12.3. The van der Waals surface area contributed by atoms with Gasteiger partial charge in [-0.1, -0.05) is 46.3 Å². The first-order valence-electron chi connectivity index (χ1n) is 8.51. The van der Waals surface area contributed by atoms with E-state index in [1.807, 2.05) is 62.4 Å². The topological polar surface area (TPSA) is 51.2 Å². The van der Waals surface area contributed by atoms with Gasteiger partial charge in [0.05, 0.1) is 12.3 Å². The minimum atomic E-state index is -0.225. The molecule has 2 aromatic carbocycles. The van der Waals surface area contributed by atoms with Gasteiger partial charge in [-0.2, -0.15) is 0 Å². The third-order valence-electron chi connectivity index (χ3n) is 3.78. The molecule has 138 valence electrons. The third kappa shape index (κ3) is 5.05. The molecule has 0 radical (unpaired) electrons. The molecule has 6 heteroatoms. The van der Waals surface area contributed by atoms with Crippen molar-refractivity contribution in [2.45, 2.75) is 13.8 Å². The van der Waals surface area contributed by atoms with E-state index in [9.17, 15) is 4.79 Å². The van der Waals surface area contributed by atoms with E-state index in [4.69, 9.17) is 4.74 Å². The van der Waals surface area contributed by atoms with E-state index in [0.717, 1.165) is 31.9 Å². The molecule has 1 aromatic heterocycles. The van der Waals surface area contributed by atoms with Gasteiger partial charge in [-0.25, -0.2) is 4.98 Å². The average Bonchev–Trinajstić information content (AvgIpc) is 3.02. The maximum atomic E-state index is 12.3. The molecule has 0 unspecified atom stereocenters. The molecule has 3 rings (SSSR count). The van der Waals surface area contributed by atoms with Crippen LogP contribution >= 0.6 is 27.3 Å². The van der Waals surface area contributed by atoms with E-state index >= 15 is 0 Å². The number of carbonyl (C=O) groups is 1. The Morgan fingerprint density at radius 1 is 1.22 bits per heavy atom. The molecular formula is C21H19BrN2O2S. The van der Waals surface area contributed by atoms with Crippen LogP contribution in [0.4, 0.5) is 5.13 Å². The fourth-order valence-electron chi connectivity index (χ4n) is 2.54. The molecule has 0 atom stereocenters. The molecule has 27 heavy (non-hydrogen) atoms. The van der Waals surface area contributed by atoms with Crippen molar-refractivity contribution >= 4 is 44.4 Å². The number of anilines is 1. The third-order valence-corrected chi connectivity index (χ3v) is 5.19. The fourth-order valence-corrected chi connectivity index (χ4v) is 3.65. The van der Waals surface area contributed by atoms with E-state index in [0.29, 0.717) is 11.7 Å². The van der Waals surface area contributed by atoms with Crippen molar-refractivity contribution in [2.24, 2.45) is 0 Å². The number of para-hydroxylation sites is 1. The van der Waals surface area contributed by atoms with E-state index in [1.165, 1.54) is 17.4 Å². The number of benzene rings is 2. The number of halogens is 1. The number of ether oxygens (including phenoxy) is 1. The van der Waals surface area contributed by atoms with Crippen molar-refractivity contribution in [1.29, 1.82) is 0 Å². The first-order chi connectivity index (χ1) is 13.1. The predicted molar refractivity (Wildman–Crippen MR) is 115 cm³/mol. The zero-order valence-corrected chi connectivity index (χ0v) is 17.4.